The molecule has 14 nitrogen and oxygen atoms in total. The quantitative estimate of drug-likeness (QED) is 0.0981. The van der Waals surface area contributed by atoms with Crippen LogP contribution in [-0.2, 0) is 39.9 Å². The highest BCUT2D eigenvalue weighted by Gasteiger charge is 2.40. The topological polar surface area (TPSA) is 210 Å². The predicted octanol–water partition coefficient (Wildman–Crippen LogP) is 1.85. The molecule has 1 aliphatic rings. The second-order valence-corrected chi connectivity index (χ2v) is 13.0. The van der Waals surface area contributed by atoms with Crippen LogP contribution in [0.3, 0.4) is 0 Å². The van der Waals surface area contributed by atoms with Gasteiger partial charge in [0.1, 0.15) is 35.7 Å². The average Bonchev–Trinajstić information content (AvgIpc) is 3.21. The lowest BCUT2D eigenvalue weighted by Gasteiger charge is -2.27. The van der Waals surface area contributed by atoms with Gasteiger partial charge in [-0.3, -0.25) is 29.5 Å². The van der Waals surface area contributed by atoms with Crippen molar-refractivity contribution < 1.29 is 38.2 Å². The van der Waals surface area contributed by atoms with Crippen LogP contribution in [0.4, 0.5) is 4.79 Å². The number of rotatable bonds is 12. The van der Waals surface area contributed by atoms with Gasteiger partial charge in [0, 0.05) is 12.0 Å². The number of nitrogens with zero attached hydrogens (tertiary/aromatic N) is 1. The van der Waals surface area contributed by atoms with Gasteiger partial charge in [-0.15, -0.1) is 0 Å². The van der Waals surface area contributed by atoms with E-state index in [0.29, 0.717) is 21.6 Å². The summed E-state index contributed by atoms with van der Waals surface area (Å²) >= 11 is 0. The number of carbonyl (C=O) groups excluding carboxylic acids is 6. The first-order valence-electron chi connectivity index (χ1n) is 15.0. The number of nitrogen functional groups attached to an aromatic ring is 1. The van der Waals surface area contributed by atoms with Crippen LogP contribution in [0.25, 0.3) is 0 Å². The summed E-state index contributed by atoms with van der Waals surface area (Å²) < 4.78 is 10.9. The first-order chi connectivity index (χ1) is 21.8. The molecule has 0 aliphatic carbocycles. The molecule has 0 radical (unpaired) electrons. The van der Waals surface area contributed by atoms with Crippen molar-refractivity contribution in [2.24, 2.45) is 5.73 Å². The number of nitrogens with two attached hydrogens (primary N) is 1. The minimum atomic E-state index is -1.54. The molecule has 1 fully saturated rings. The SMILES string of the molecule is CC(C)(C)OC(=O)C[C@H](NC(=O)CN1C(=O)NC(Cc2ccc(C(=N)N)cc2)C1=O)C(=O)N[C@H](C(=O)OC(C)(C)C)c1ccccc1. The summed E-state index contributed by atoms with van der Waals surface area (Å²) in [6.45, 7) is 9.19. The van der Waals surface area contributed by atoms with Crippen molar-refractivity contribution in [1.82, 2.24) is 20.9 Å². The molecule has 3 atom stereocenters. The Labute approximate surface area is 273 Å². The van der Waals surface area contributed by atoms with Gasteiger partial charge in [-0.2, -0.15) is 0 Å². The molecule has 252 valence electrons. The van der Waals surface area contributed by atoms with Crippen molar-refractivity contribution in [3.05, 3.63) is 71.3 Å². The Kier molecular flexibility index (Phi) is 11.5. The van der Waals surface area contributed by atoms with Crippen LogP contribution in [0.1, 0.15) is 70.7 Å². The van der Waals surface area contributed by atoms with E-state index in [9.17, 15) is 28.8 Å². The van der Waals surface area contributed by atoms with E-state index < -0.39 is 78.0 Å². The van der Waals surface area contributed by atoms with Gasteiger partial charge in [-0.05, 0) is 52.7 Å². The van der Waals surface area contributed by atoms with Crippen molar-refractivity contribution >= 4 is 41.5 Å². The van der Waals surface area contributed by atoms with E-state index in [-0.39, 0.29) is 12.3 Å². The molecule has 1 unspecified atom stereocenters. The first kappa shape index (κ1) is 36.2. The number of urea groups is 1. The molecular weight excluding hydrogens is 608 g/mol. The molecule has 1 heterocycles. The molecule has 14 heteroatoms. The lowest BCUT2D eigenvalue weighted by Crippen LogP contribution is -2.53. The number of hydrogen-bond acceptors (Lipinski definition) is 9. The minimum absolute atomic E-state index is 0.113. The zero-order valence-corrected chi connectivity index (χ0v) is 27.3. The van der Waals surface area contributed by atoms with E-state index in [1.54, 1.807) is 96.1 Å². The monoisotopic (exact) mass is 650 g/mol. The number of carbonyl (C=O) groups is 6. The molecule has 1 saturated heterocycles. The molecule has 1 aliphatic heterocycles. The molecular formula is C33H42N6O8. The number of amidine groups is 1. The lowest BCUT2D eigenvalue weighted by molar-refractivity contribution is -0.159. The number of ether oxygens (including phenoxy) is 2. The first-order valence-corrected chi connectivity index (χ1v) is 15.0. The fourth-order valence-electron chi connectivity index (χ4n) is 4.59. The van der Waals surface area contributed by atoms with E-state index in [0.717, 1.165) is 0 Å². The van der Waals surface area contributed by atoms with Crippen molar-refractivity contribution in [3.8, 4) is 0 Å². The standard InChI is InChI=1S/C33H42N6O8/c1-32(2,3)46-25(41)17-22(28(42)38-26(20-10-8-7-9-11-20)30(44)47-33(4,5)6)36-24(40)18-39-29(43)23(37-31(39)45)16-19-12-14-21(15-13-19)27(34)35/h7-15,22-23,26H,16-18H2,1-6H3,(H3,34,35)(H,36,40)(H,37,45)(H,38,42)/t22-,23?,26-/m0/s1. The van der Waals surface area contributed by atoms with Crippen LogP contribution in [-0.4, -0.2) is 76.3 Å². The van der Waals surface area contributed by atoms with E-state index in [1.807, 2.05) is 0 Å². The largest absolute Gasteiger partial charge is 0.460 e. The van der Waals surface area contributed by atoms with Gasteiger partial charge in [-0.1, -0.05) is 54.6 Å². The Morgan fingerprint density at radius 2 is 1.51 bits per heavy atom. The second kappa shape index (κ2) is 14.9. The zero-order chi connectivity index (χ0) is 35.1. The summed E-state index contributed by atoms with van der Waals surface area (Å²) in [7, 11) is 0. The summed E-state index contributed by atoms with van der Waals surface area (Å²) in [6, 6.07) is 10.3. The van der Waals surface area contributed by atoms with Gasteiger partial charge >= 0.3 is 18.0 Å². The Balaban J connectivity index is 1.77. The highest BCUT2D eigenvalue weighted by molar-refractivity contribution is 6.07. The Morgan fingerprint density at radius 3 is 2.06 bits per heavy atom. The maximum atomic E-state index is 13.6. The van der Waals surface area contributed by atoms with Crippen LogP contribution < -0.4 is 21.7 Å². The highest BCUT2D eigenvalue weighted by Crippen LogP contribution is 2.20. The maximum Gasteiger partial charge on any atom is 0.333 e. The van der Waals surface area contributed by atoms with Gasteiger partial charge in [0.2, 0.25) is 11.8 Å². The van der Waals surface area contributed by atoms with E-state index in [2.05, 4.69) is 16.0 Å². The Bertz CT molecular complexity index is 1510. The number of nitrogens with one attached hydrogen (secondary N) is 4. The number of amides is 5. The normalized spacial score (nSPS) is 16.0. The molecule has 2 aromatic rings. The van der Waals surface area contributed by atoms with E-state index in [4.69, 9.17) is 20.6 Å². The third-order valence-electron chi connectivity index (χ3n) is 6.62. The predicted molar refractivity (Wildman–Crippen MR) is 171 cm³/mol. The van der Waals surface area contributed by atoms with Crippen LogP contribution >= 0.6 is 0 Å². The minimum Gasteiger partial charge on any atom is -0.460 e. The van der Waals surface area contributed by atoms with Crippen molar-refractivity contribution in [1.29, 1.82) is 5.41 Å². The van der Waals surface area contributed by atoms with Gasteiger partial charge in [0.15, 0.2) is 6.04 Å². The lowest BCUT2D eigenvalue weighted by atomic mass is 10.0. The van der Waals surface area contributed by atoms with Crippen molar-refractivity contribution in [2.45, 2.75) is 83.7 Å². The molecule has 5 amide bonds. The van der Waals surface area contributed by atoms with Crippen LogP contribution in [0.15, 0.2) is 54.6 Å². The molecule has 2 aromatic carbocycles. The zero-order valence-electron chi connectivity index (χ0n) is 27.3. The summed E-state index contributed by atoms with van der Waals surface area (Å²) in [4.78, 5) is 79.1. The third kappa shape index (κ3) is 10.9. The molecule has 0 aromatic heterocycles. The van der Waals surface area contributed by atoms with Crippen LogP contribution in [0.5, 0.6) is 0 Å². The van der Waals surface area contributed by atoms with Gasteiger partial charge in [0.05, 0.1) is 6.42 Å². The molecule has 47 heavy (non-hydrogen) atoms. The maximum absolute atomic E-state index is 13.6. The summed E-state index contributed by atoms with van der Waals surface area (Å²) in [6.07, 6.45) is -0.486. The summed E-state index contributed by atoms with van der Waals surface area (Å²) in [5.74, 6) is -4.15. The van der Waals surface area contributed by atoms with Crippen molar-refractivity contribution in [3.63, 3.8) is 0 Å². The highest BCUT2D eigenvalue weighted by atomic mass is 16.6. The number of esters is 2. The fourth-order valence-corrected chi connectivity index (χ4v) is 4.59. The molecule has 0 saturated carbocycles. The van der Waals surface area contributed by atoms with Crippen LogP contribution in [0, 0.1) is 5.41 Å². The van der Waals surface area contributed by atoms with Crippen LogP contribution in [0.2, 0.25) is 0 Å². The van der Waals surface area contributed by atoms with Gasteiger partial charge in [-0.25, -0.2) is 9.59 Å². The number of benzene rings is 2. The molecule has 0 spiro atoms. The van der Waals surface area contributed by atoms with E-state index in [1.165, 1.54) is 0 Å². The second-order valence-electron chi connectivity index (χ2n) is 13.0. The summed E-state index contributed by atoms with van der Waals surface area (Å²) in [5.41, 5.74) is 5.30. The Morgan fingerprint density at radius 1 is 0.915 bits per heavy atom. The molecule has 3 rings (SSSR count). The smallest absolute Gasteiger partial charge is 0.333 e. The molecule has 6 N–H and O–H groups in total. The Hall–Kier alpha value is -5.27. The number of hydrogen-bond donors (Lipinski definition) is 5. The average molecular weight is 651 g/mol. The third-order valence-corrected chi connectivity index (χ3v) is 6.62. The fraction of sp³-hybridized carbons (Fsp3) is 0.424. The summed E-state index contributed by atoms with van der Waals surface area (Å²) in [5, 5.41) is 15.0. The van der Waals surface area contributed by atoms with Gasteiger partial charge in [0.25, 0.3) is 5.91 Å². The molecule has 0 bridgehead atoms. The van der Waals surface area contributed by atoms with E-state index >= 15 is 0 Å². The van der Waals surface area contributed by atoms with Crippen molar-refractivity contribution in [2.75, 3.05) is 6.54 Å². The van der Waals surface area contributed by atoms with Gasteiger partial charge < -0.3 is 31.2 Å². The number of imide groups is 1.